The zero-order valence-corrected chi connectivity index (χ0v) is 9.81. The van der Waals surface area contributed by atoms with E-state index in [1.54, 1.807) is 0 Å². The second-order valence-corrected chi connectivity index (χ2v) is 5.22. The first-order chi connectivity index (χ1) is 6.79. The van der Waals surface area contributed by atoms with Crippen molar-refractivity contribution in [1.29, 1.82) is 0 Å². The second kappa shape index (κ2) is 4.71. The highest BCUT2D eigenvalue weighted by molar-refractivity contribution is 7.80. The molecule has 14 heavy (non-hydrogen) atoms. The molecule has 1 saturated carbocycles. The van der Waals surface area contributed by atoms with Crippen molar-refractivity contribution in [1.82, 2.24) is 4.90 Å². The van der Waals surface area contributed by atoms with E-state index >= 15 is 0 Å². The molecule has 0 N–H and O–H groups in total. The van der Waals surface area contributed by atoms with Crippen LogP contribution in [0.5, 0.6) is 0 Å². The maximum atomic E-state index is 4.27. The molecule has 0 spiro atoms. The van der Waals surface area contributed by atoms with Crippen molar-refractivity contribution >= 4 is 12.6 Å². The van der Waals surface area contributed by atoms with Gasteiger partial charge in [-0.05, 0) is 24.7 Å². The Labute approximate surface area is 93.0 Å². The topological polar surface area (TPSA) is 3.24 Å². The SMILES string of the molecule is C=C(CS)CN1CC2CCCCC2C1. The molecule has 2 rings (SSSR count). The molecule has 1 aliphatic carbocycles. The molecule has 0 radical (unpaired) electrons. The molecular formula is C12H21NS. The van der Waals surface area contributed by atoms with Gasteiger partial charge in [-0.25, -0.2) is 0 Å². The predicted octanol–water partition coefficient (Wildman–Crippen LogP) is 2.59. The van der Waals surface area contributed by atoms with E-state index in [1.807, 2.05) is 0 Å². The first-order valence-electron chi connectivity index (χ1n) is 5.79. The van der Waals surface area contributed by atoms with Crippen LogP contribution in [0.1, 0.15) is 25.7 Å². The summed E-state index contributed by atoms with van der Waals surface area (Å²) < 4.78 is 0. The number of hydrogen-bond donors (Lipinski definition) is 1. The van der Waals surface area contributed by atoms with Crippen LogP contribution in [-0.4, -0.2) is 30.3 Å². The van der Waals surface area contributed by atoms with Crippen LogP contribution in [0.25, 0.3) is 0 Å². The minimum atomic E-state index is 0.839. The van der Waals surface area contributed by atoms with Crippen molar-refractivity contribution < 1.29 is 0 Å². The van der Waals surface area contributed by atoms with Gasteiger partial charge >= 0.3 is 0 Å². The molecule has 2 fully saturated rings. The van der Waals surface area contributed by atoms with E-state index in [9.17, 15) is 0 Å². The molecule has 0 aromatic heterocycles. The predicted molar refractivity (Wildman–Crippen MR) is 64.9 cm³/mol. The quantitative estimate of drug-likeness (QED) is 0.555. The molecule has 2 unspecified atom stereocenters. The molecular weight excluding hydrogens is 190 g/mol. The van der Waals surface area contributed by atoms with Gasteiger partial charge in [0.2, 0.25) is 0 Å². The maximum Gasteiger partial charge on any atom is 0.0198 e. The fraction of sp³-hybridized carbons (Fsp3) is 0.833. The van der Waals surface area contributed by atoms with Crippen LogP contribution in [0.4, 0.5) is 0 Å². The standard InChI is InChI=1S/C12H21NS/c1-10(9-14)6-13-7-11-4-2-3-5-12(11)8-13/h11-12,14H,1-9H2. The van der Waals surface area contributed by atoms with Crippen LogP contribution in [0.15, 0.2) is 12.2 Å². The fourth-order valence-corrected chi connectivity index (χ4v) is 3.10. The highest BCUT2D eigenvalue weighted by atomic mass is 32.1. The van der Waals surface area contributed by atoms with E-state index in [-0.39, 0.29) is 0 Å². The second-order valence-electron chi connectivity index (χ2n) is 4.91. The lowest BCUT2D eigenvalue weighted by Gasteiger charge is -2.23. The third-order valence-corrected chi connectivity index (χ3v) is 4.17. The number of fused-ring (bicyclic) bond motifs is 1. The summed E-state index contributed by atoms with van der Waals surface area (Å²) in [4.78, 5) is 2.58. The fourth-order valence-electron chi connectivity index (χ4n) is 3.00. The first-order valence-corrected chi connectivity index (χ1v) is 6.42. The smallest absolute Gasteiger partial charge is 0.0198 e. The van der Waals surface area contributed by atoms with Crippen LogP contribution in [-0.2, 0) is 0 Å². The van der Waals surface area contributed by atoms with Gasteiger partial charge < -0.3 is 0 Å². The van der Waals surface area contributed by atoms with Crippen molar-refractivity contribution in [3.8, 4) is 0 Å². The molecule has 2 atom stereocenters. The van der Waals surface area contributed by atoms with E-state index < -0.39 is 0 Å². The van der Waals surface area contributed by atoms with Crippen molar-refractivity contribution in [3.05, 3.63) is 12.2 Å². The Balaban J connectivity index is 1.83. The molecule has 1 aliphatic heterocycles. The van der Waals surface area contributed by atoms with Gasteiger partial charge in [0.05, 0.1) is 0 Å². The summed E-state index contributed by atoms with van der Waals surface area (Å²) in [6, 6.07) is 0. The van der Waals surface area contributed by atoms with Crippen molar-refractivity contribution in [2.24, 2.45) is 11.8 Å². The van der Waals surface area contributed by atoms with E-state index in [0.29, 0.717) is 0 Å². The summed E-state index contributed by atoms with van der Waals surface area (Å²) in [5, 5.41) is 0. The minimum absolute atomic E-state index is 0.839. The van der Waals surface area contributed by atoms with E-state index in [0.717, 1.165) is 24.1 Å². The summed E-state index contributed by atoms with van der Waals surface area (Å²) in [5.74, 6) is 2.83. The Bertz CT molecular complexity index is 200. The molecule has 1 nitrogen and oxygen atoms in total. The Hall–Kier alpha value is 0.0500. The lowest BCUT2D eigenvalue weighted by Crippen LogP contribution is -2.23. The van der Waals surface area contributed by atoms with E-state index in [1.165, 1.54) is 44.3 Å². The zero-order chi connectivity index (χ0) is 9.97. The summed E-state index contributed by atoms with van der Waals surface area (Å²) in [7, 11) is 0. The summed E-state index contributed by atoms with van der Waals surface area (Å²) in [6.07, 6.45) is 5.86. The van der Waals surface area contributed by atoms with Gasteiger partial charge in [-0.15, -0.1) is 0 Å². The molecule has 2 heteroatoms. The monoisotopic (exact) mass is 211 g/mol. The largest absolute Gasteiger partial charge is 0.299 e. The first kappa shape index (κ1) is 10.6. The van der Waals surface area contributed by atoms with E-state index in [4.69, 9.17) is 0 Å². The lowest BCUT2D eigenvalue weighted by atomic mass is 9.82. The average Bonchev–Trinajstić information content (AvgIpc) is 2.59. The molecule has 2 aliphatic rings. The van der Waals surface area contributed by atoms with Crippen LogP contribution < -0.4 is 0 Å². The highest BCUT2D eigenvalue weighted by Gasteiger charge is 2.33. The number of thiol groups is 1. The summed E-state index contributed by atoms with van der Waals surface area (Å²) >= 11 is 4.27. The van der Waals surface area contributed by atoms with Gasteiger partial charge in [-0.2, -0.15) is 12.6 Å². The van der Waals surface area contributed by atoms with Crippen molar-refractivity contribution in [2.45, 2.75) is 25.7 Å². The Morgan fingerprint density at radius 1 is 1.21 bits per heavy atom. The van der Waals surface area contributed by atoms with Crippen LogP contribution >= 0.6 is 12.6 Å². The van der Waals surface area contributed by atoms with Gasteiger partial charge in [0, 0.05) is 25.4 Å². The Morgan fingerprint density at radius 2 is 1.79 bits per heavy atom. The van der Waals surface area contributed by atoms with Gasteiger partial charge in [0.1, 0.15) is 0 Å². The Morgan fingerprint density at radius 3 is 2.29 bits per heavy atom. The van der Waals surface area contributed by atoms with Crippen LogP contribution in [0.3, 0.4) is 0 Å². The summed E-state index contributed by atoms with van der Waals surface area (Å²) in [6.45, 7) is 7.75. The number of rotatable bonds is 3. The number of likely N-dealkylation sites (tertiary alicyclic amines) is 1. The Kier molecular flexibility index (Phi) is 3.56. The van der Waals surface area contributed by atoms with Gasteiger partial charge in [0.25, 0.3) is 0 Å². The molecule has 80 valence electrons. The third kappa shape index (κ3) is 2.34. The molecule has 0 bridgehead atoms. The summed E-state index contributed by atoms with van der Waals surface area (Å²) in [5.41, 5.74) is 1.27. The number of nitrogens with zero attached hydrogens (tertiary/aromatic N) is 1. The van der Waals surface area contributed by atoms with Crippen LogP contribution in [0, 0.1) is 11.8 Å². The third-order valence-electron chi connectivity index (χ3n) is 3.72. The molecule has 0 aromatic rings. The highest BCUT2D eigenvalue weighted by Crippen LogP contribution is 2.36. The van der Waals surface area contributed by atoms with E-state index in [2.05, 4.69) is 24.1 Å². The van der Waals surface area contributed by atoms with Gasteiger partial charge in [-0.3, -0.25) is 4.90 Å². The average molecular weight is 211 g/mol. The normalized spacial score (nSPS) is 32.9. The molecule has 0 aromatic carbocycles. The minimum Gasteiger partial charge on any atom is -0.299 e. The number of hydrogen-bond acceptors (Lipinski definition) is 2. The van der Waals surface area contributed by atoms with Gasteiger partial charge in [0.15, 0.2) is 0 Å². The van der Waals surface area contributed by atoms with Crippen molar-refractivity contribution in [2.75, 3.05) is 25.4 Å². The van der Waals surface area contributed by atoms with Crippen LogP contribution in [0.2, 0.25) is 0 Å². The molecule has 1 saturated heterocycles. The zero-order valence-electron chi connectivity index (χ0n) is 8.91. The lowest BCUT2D eigenvalue weighted by molar-refractivity contribution is 0.299. The maximum absolute atomic E-state index is 4.27. The molecule has 1 heterocycles. The molecule has 0 amide bonds. The van der Waals surface area contributed by atoms with Crippen molar-refractivity contribution in [3.63, 3.8) is 0 Å². The van der Waals surface area contributed by atoms with Gasteiger partial charge in [-0.1, -0.05) is 25.0 Å².